The summed E-state index contributed by atoms with van der Waals surface area (Å²) >= 11 is 10.3. The van der Waals surface area contributed by atoms with Crippen LogP contribution in [0.4, 0.5) is 11.4 Å². The van der Waals surface area contributed by atoms with Gasteiger partial charge in [0.05, 0.1) is 34.7 Å². The Labute approximate surface area is 370 Å². The molecule has 0 aliphatic heterocycles. The van der Waals surface area contributed by atoms with Gasteiger partial charge in [0.25, 0.3) is 0 Å². The number of anilines is 2. The second-order valence-corrected chi connectivity index (χ2v) is 15.4. The summed E-state index contributed by atoms with van der Waals surface area (Å²) in [6, 6.07) is 41.1. The molecule has 0 aliphatic carbocycles. The summed E-state index contributed by atoms with van der Waals surface area (Å²) in [4.78, 5) is 4.35. The highest BCUT2D eigenvalue weighted by Crippen LogP contribution is 2.18. The van der Waals surface area contributed by atoms with Gasteiger partial charge in [-0.3, -0.25) is 15.0 Å². The third kappa shape index (κ3) is 16.2. The van der Waals surface area contributed by atoms with Crippen molar-refractivity contribution in [2.45, 2.75) is 57.9 Å². The molecule has 0 atom stereocenters. The Bertz CT molecular complexity index is 2000. The number of aromatic nitrogens is 2. The van der Waals surface area contributed by atoms with Gasteiger partial charge in [0, 0.05) is 71.3 Å². The third-order valence-corrected chi connectivity index (χ3v) is 10.6. The predicted octanol–water partition coefficient (Wildman–Crippen LogP) is 9.60. The van der Waals surface area contributed by atoms with Crippen molar-refractivity contribution in [1.82, 2.24) is 4.98 Å². The van der Waals surface area contributed by atoms with Crippen LogP contribution in [0.2, 0.25) is 0 Å². The summed E-state index contributed by atoms with van der Waals surface area (Å²) in [5.41, 5.74) is 6.60. The van der Waals surface area contributed by atoms with Crippen LogP contribution >= 0.6 is 47.8 Å². The highest BCUT2D eigenvalue weighted by Gasteiger charge is 2.11. The van der Waals surface area contributed by atoms with Crippen molar-refractivity contribution >= 4 is 93.4 Å². The zero-order valence-electron chi connectivity index (χ0n) is 32.5. The van der Waals surface area contributed by atoms with Gasteiger partial charge in [-0.05, 0) is 68.1 Å². The van der Waals surface area contributed by atoms with Crippen LogP contribution in [-0.2, 0) is 6.54 Å². The van der Waals surface area contributed by atoms with Gasteiger partial charge in [0.15, 0.2) is 6.20 Å². The lowest BCUT2D eigenvalue weighted by molar-refractivity contribution is -0.671. The first-order valence-electron chi connectivity index (χ1n) is 19.1. The van der Waals surface area contributed by atoms with Gasteiger partial charge in [0.2, 0.25) is 5.52 Å². The Morgan fingerprint density at radius 3 is 1.55 bits per heavy atom. The summed E-state index contributed by atoms with van der Waals surface area (Å²) in [6.45, 7) is 1.06. The van der Waals surface area contributed by atoms with Crippen LogP contribution in [0.5, 0.6) is 0 Å². The van der Waals surface area contributed by atoms with E-state index >= 15 is 0 Å². The highest BCUT2D eigenvalue weighted by molar-refractivity contribution is 9.09. The molecule has 2 aromatic heterocycles. The number of fused-ring (bicyclic) bond motifs is 2. The number of unbranched alkanes of at least 4 members (excludes halogenated alkanes) is 6. The summed E-state index contributed by atoms with van der Waals surface area (Å²) in [5, 5.41) is 18.7. The second-order valence-electron chi connectivity index (χ2n) is 13.0. The van der Waals surface area contributed by atoms with E-state index in [1.54, 1.807) is 0 Å². The number of rotatable bonds is 17. The first-order chi connectivity index (χ1) is 27.0. The number of alkyl halides is 3. The van der Waals surface area contributed by atoms with Crippen molar-refractivity contribution in [3.63, 3.8) is 0 Å². The smallest absolute Gasteiger partial charge is 0.213 e. The lowest BCUT2D eigenvalue weighted by Crippen LogP contribution is -3.00. The van der Waals surface area contributed by atoms with Crippen molar-refractivity contribution in [3.8, 4) is 0 Å². The molecular weight excluding hydrogens is 956 g/mol. The van der Waals surface area contributed by atoms with Crippen LogP contribution in [0, 0.1) is 0 Å². The van der Waals surface area contributed by atoms with Crippen molar-refractivity contribution in [3.05, 3.63) is 145 Å². The average molecular weight is 1010 g/mol. The fourth-order valence-electron chi connectivity index (χ4n) is 5.84. The summed E-state index contributed by atoms with van der Waals surface area (Å²) in [5.74, 6) is 0. The Kier molecular flexibility index (Phi) is 23.5. The SMILES string of the molecule is BrCCCCCCBr.CN(/N=C/c1cc[n+](CCCCCCBr)c2ccccc12)c1ccccc1.CN(/N=C/c1ccnc2ccccc12)c1ccccc1.[Br-]. The van der Waals surface area contributed by atoms with E-state index < -0.39 is 0 Å². The first kappa shape index (κ1) is 46.9. The van der Waals surface area contributed by atoms with Crippen molar-refractivity contribution < 1.29 is 21.5 Å². The zero-order chi connectivity index (χ0) is 38.9. The third-order valence-electron chi connectivity index (χ3n) is 8.94. The monoisotopic (exact) mass is 1010 g/mol. The quantitative estimate of drug-likeness (QED) is 0.0301. The van der Waals surface area contributed by atoms with Gasteiger partial charge in [-0.25, -0.2) is 0 Å². The molecule has 0 spiro atoms. The zero-order valence-corrected chi connectivity index (χ0v) is 38.9. The van der Waals surface area contributed by atoms with Crippen LogP contribution in [0.1, 0.15) is 62.5 Å². The van der Waals surface area contributed by atoms with Gasteiger partial charge >= 0.3 is 0 Å². The molecule has 0 fully saturated rings. The predicted molar refractivity (Wildman–Crippen MR) is 249 cm³/mol. The molecule has 0 unspecified atom stereocenters. The minimum absolute atomic E-state index is 0. The molecule has 0 bridgehead atoms. The number of nitrogens with zero attached hydrogens (tertiary/aromatic N) is 6. The molecule has 56 heavy (non-hydrogen) atoms. The molecule has 10 heteroatoms. The molecule has 6 nitrogen and oxygen atoms in total. The van der Waals surface area contributed by atoms with E-state index in [1.165, 1.54) is 62.3 Å². The highest BCUT2D eigenvalue weighted by atomic mass is 79.9. The normalized spacial score (nSPS) is 10.8. The van der Waals surface area contributed by atoms with Crippen LogP contribution < -0.4 is 31.6 Å². The largest absolute Gasteiger partial charge is 1.00 e. The molecule has 0 N–H and O–H groups in total. The molecule has 296 valence electrons. The number of benzene rings is 4. The molecule has 0 saturated carbocycles. The number of para-hydroxylation sites is 4. The number of hydrogen-bond acceptors (Lipinski definition) is 5. The number of hydrogen-bond donors (Lipinski definition) is 0. The summed E-state index contributed by atoms with van der Waals surface area (Å²) < 4.78 is 2.36. The van der Waals surface area contributed by atoms with Crippen molar-refractivity contribution in [2.24, 2.45) is 10.2 Å². The average Bonchev–Trinajstić information content (AvgIpc) is 3.24. The van der Waals surface area contributed by atoms with Gasteiger partial charge in [-0.1, -0.05) is 134 Å². The van der Waals surface area contributed by atoms with Gasteiger partial charge in [-0.15, -0.1) is 0 Å². The van der Waals surface area contributed by atoms with Crippen LogP contribution in [0.15, 0.2) is 144 Å². The number of hydrazone groups is 2. The van der Waals surface area contributed by atoms with E-state index in [2.05, 4.69) is 122 Å². The van der Waals surface area contributed by atoms with Crippen LogP contribution in [-0.4, -0.2) is 47.5 Å². The molecule has 4 aromatic carbocycles. The second kappa shape index (κ2) is 28.0. The topological polar surface area (TPSA) is 48.0 Å². The Balaban J connectivity index is 0.000000255. The number of pyridine rings is 2. The van der Waals surface area contributed by atoms with E-state index in [0.717, 1.165) is 55.9 Å². The molecule has 2 heterocycles. The Morgan fingerprint density at radius 2 is 1.00 bits per heavy atom. The van der Waals surface area contributed by atoms with Gasteiger partial charge < -0.3 is 17.0 Å². The molecule has 0 radical (unpaired) electrons. The first-order valence-corrected chi connectivity index (χ1v) is 22.5. The lowest BCUT2D eigenvalue weighted by atomic mass is 10.1. The maximum absolute atomic E-state index is 4.63. The summed E-state index contributed by atoms with van der Waals surface area (Å²) in [7, 11) is 3.92. The molecule has 6 rings (SSSR count). The molecule has 0 saturated heterocycles. The molecule has 6 aromatic rings. The van der Waals surface area contributed by atoms with Crippen molar-refractivity contribution in [1.29, 1.82) is 0 Å². The Morgan fingerprint density at radius 1 is 0.536 bits per heavy atom. The standard InChI is InChI=1S/C23H27BrN3.C17H15N3.C6H12Br2.BrH/c1-26(21-11-5-4-6-12-21)25-19-20-15-18-27(17-10-3-2-9-16-24)23-14-8-7-13-22(20)23;1-20(15-7-3-2-4-8-15)19-13-14-11-12-18-17-10-6-5-9-16(14)17;7-5-3-1-2-4-6-8;/h4-8,11-15,18-19H,2-3,9-10,16-17H2,1H3;2-13H,1H3;1-6H2;1H/q+1;;;/p-1/b;19-13+;;. The number of aryl methyl sites for hydroxylation is 1. The van der Waals surface area contributed by atoms with Gasteiger partial charge in [0.1, 0.15) is 6.54 Å². The van der Waals surface area contributed by atoms with Crippen LogP contribution in [0.25, 0.3) is 21.8 Å². The van der Waals surface area contributed by atoms with E-state index in [9.17, 15) is 0 Å². The Hall–Kier alpha value is -3.44. The number of halogens is 4. The maximum Gasteiger partial charge on any atom is 0.213 e. The lowest BCUT2D eigenvalue weighted by Gasteiger charge is -2.12. The van der Waals surface area contributed by atoms with E-state index in [-0.39, 0.29) is 17.0 Å². The fraction of sp³-hybridized carbons (Fsp3) is 0.304. The minimum atomic E-state index is 0. The van der Waals surface area contributed by atoms with Gasteiger partial charge in [-0.2, -0.15) is 14.8 Å². The van der Waals surface area contributed by atoms with Crippen molar-refractivity contribution in [2.75, 3.05) is 40.1 Å². The molecule has 0 amide bonds. The molecular formula is C46H54Br4N6. The van der Waals surface area contributed by atoms with E-state index in [4.69, 9.17) is 0 Å². The molecule has 0 aliphatic rings. The maximum atomic E-state index is 4.63. The summed E-state index contributed by atoms with van der Waals surface area (Å²) in [6.07, 6.45) is 18.3. The van der Waals surface area contributed by atoms with Crippen LogP contribution in [0.3, 0.4) is 0 Å². The van der Waals surface area contributed by atoms with E-state index in [0.29, 0.717) is 0 Å². The minimum Gasteiger partial charge on any atom is -1.00 e. The fourth-order valence-corrected chi connectivity index (χ4v) is 7.03. The van der Waals surface area contributed by atoms with E-state index in [1.807, 2.05) is 116 Å².